The van der Waals surface area contributed by atoms with Gasteiger partial charge in [-0.1, -0.05) is 6.07 Å². The van der Waals surface area contributed by atoms with E-state index >= 15 is 0 Å². The number of amides is 1. The van der Waals surface area contributed by atoms with Crippen molar-refractivity contribution in [2.75, 3.05) is 5.73 Å². The summed E-state index contributed by atoms with van der Waals surface area (Å²) in [6.45, 7) is 0. The zero-order valence-corrected chi connectivity index (χ0v) is 7.29. The van der Waals surface area contributed by atoms with Crippen LogP contribution in [0, 0.1) is 0 Å². The molecule has 3 heteroatoms. The minimum absolute atomic E-state index is 0.380. The molecule has 1 aromatic carbocycles. The van der Waals surface area contributed by atoms with Gasteiger partial charge in [-0.25, -0.2) is 0 Å². The lowest BCUT2D eigenvalue weighted by Crippen LogP contribution is -2.14. The predicted molar refractivity (Wildman–Crippen MR) is 51.3 cm³/mol. The van der Waals surface area contributed by atoms with E-state index in [1.165, 1.54) is 0 Å². The van der Waals surface area contributed by atoms with Crippen molar-refractivity contribution in [2.45, 2.75) is 18.8 Å². The molecule has 0 aromatic heterocycles. The fourth-order valence-electron chi connectivity index (χ4n) is 1.63. The molecule has 2 rings (SSSR count). The highest BCUT2D eigenvalue weighted by Gasteiger charge is 2.29. The third kappa shape index (κ3) is 1.37. The van der Waals surface area contributed by atoms with Gasteiger partial charge >= 0.3 is 0 Å². The normalized spacial score (nSPS) is 15.7. The highest BCUT2D eigenvalue weighted by molar-refractivity contribution is 5.96. The van der Waals surface area contributed by atoms with Crippen molar-refractivity contribution in [3.8, 4) is 0 Å². The fraction of sp³-hybridized carbons (Fsp3) is 0.300. The molecule has 4 N–H and O–H groups in total. The van der Waals surface area contributed by atoms with E-state index < -0.39 is 0 Å². The molecule has 0 atom stereocenters. The zero-order chi connectivity index (χ0) is 9.42. The van der Waals surface area contributed by atoms with Crippen LogP contribution in [0.5, 0.6) is 0 Å². The standard InChI is InChI=1S/C10H12N2O/c11-8-3-1-2-7(10(12)13)9(8)6-4-5-6/h1-3,6H,4-5,11H2,(H2,12,13). The predicted octanol–water partition coefficient (Wildman–Crippen LogP) is 1.25. The molecule has 0 spiro atoms. The number of nitrogen functional groups attached to an aromatic ring is 1. The van der Waals surface area contributed by atoms with E-state index in [1.54, 1.807) is 12.1 Å². The molecule has 0 bridgehead atoms. The Bertz CT molecular complexity index is 356. The van der Waals surface area contributed by atoms with Crippen molar-refractivity contribution in [3.05, 3.63) is 29.3 Å². The number of benzene rings is 1. The van der Waals surface area contributed by atoms with Crippen LogP contribution < -0.4 is 11.5 Å². The Kier molecular flexibility index (Phi) is 1.72. The van der Waals surface area contributed by atoms with Gasteiger partial charge in [0.15, 0.2) is 0 Å². The summed E-state index contributed by atoms with van der Waals surface area (Å²) in [5.74, 6) is 0.0814. The highest BCUT2D eigenvalue weighted by atomic mass is 16.1. The molecule has 1 aromatic rings. The summed E-state index contributed by atoms with van der Waals surface area (Å²) in [7, 11) is 0. The summed E-state index contributed by atoms with van der Waals surface area (Å²) >= 11 is 0. The topological polar surface area (TPSA) is 69.1 Å². The number of nitrogens with two attached hydrogens (primary N) is 2. The van der Waals surface area contributed by atoms with Crippen LogP contribution >= 0.6 is 0 Å². The summed E-state index contributed by atoms with van der Waals surface area (Å²) in [5.41, 5.74) is 13.3. The molecule has 1 saturated carbocycles. The van der Waals surface area contributed by atoms with Crippen LogP contribution in [-0.4, -0.2) is 5.91 Å². The molecule has 0 heterocycles. The van der Waals surface area contributed by atoms with E-state index in [0.29, 0.717) is 17.2 Å². The Morgan fingerprint density at radius 2 is 2.08 bits per heavy atom. The van der Waals surface area contributed by atoms with Crippen LogP contribution in [0.3, 0.4) is 0 Å². The number of hydrogen-bond acceptors (Lipinski definition) is 2. The first kappa shape index (κ1) is 8.10. The molecule has 1 fully saturated rings. The van der Waals surface area contributed by atoms with Crippen molar-refractivity contribution in [1.82, 2.24) is 0 Å². The van der Waals surface area contributed by atoms with Crippen LogP contribution in [0.2, 0.25) is 0 Å². The Labute approximate surface area is 76.7 Å². The van der Waals surface area contributed by atoms with Crippen LogP contribution in [0.15, 0.2) is 18.2 Å². The van der Waals surface area contributed by atoms with Crippen LogP contribution in [-0.2, 0) is 0 Å². The van der Waals surface area contributed by atoms with Gasteiger partial charge in [0.05, 0.1) is 0 Å². The lowest BCUT2D eigenvalue weighted by Gasteiger charge is -2.07. The Balaban J connectivity index is 2.53. The van der Waals surface area contributed by atoms with Crippen molar-refractivity contribution in [2.24, 2.45) is 5.73 Å². The third-order valence-corrected chi connectivity index (χ3v) is 2.39. The number of rotatable bonds is 2. The first-order chi connectivity index (χ1) is 6.20. The lowest BCUT2D eigenvalue weighted by molar-refractivity contribution is 0.0999. The van der Waals surface area contributed by atoms with Crippen LogP contribution in [0.4, 0.5) is 5.69 Å². The number of hydrogen-bond donors (Lipinski definition) is 2. The summed E-state index contributed by atoms with van der Waals surface area (Å²) < 4.78 is 0. The number of carbonyl (C=O) groups is 1. The van der Waals surface area contributed by atoms with Gasteiger partial charge in [0.25, 0.3) is 0 Å². The molecule has 0 unspecified atom stereocenters. The van der Waals surface area contributed by atoms with Crippen molar-refractivity contribution >= 4 is 11.6 Å². The largest absolute Gasteiger partial charge is 0.398 e. The van der Waals surface area contributed by atoms with Gasteiger partial charge in [-0.3, -0.25) is 4.79 Å². The maximum atomic E-state index is 11.1. The Morgan fingerprint density at radius 1 is 1.38 bits per heavy atom. The van der Waals surface area contributed by atoms with Crippen LogP contribution in [0.25, 0.3) is 0 Å². The summed E-state index contributed by atoms with van der Waals surface area (Å²) in [4.78, 5) is 11.1. The van der Waals surface area contributed by atoms with E-state index in [-0.39, 0.29) is 5.91 Å². The SMILES string of the molecule is NC(=O)c1cccc(N)c1C1CC1. The second-order valence-corrected chi connectivity index (χ2v) is 3.45. The minimum Gasteiger partial charge on any atom is -0.398 e. The Morgan fingerprint density at radius 3 is 2.62 bits per heavy atom. The molecule has 68 valence electrons. The van der Waals surface area contributed by atoms with E-state index in [1.807, 2.05) is 6.07 Å². The van der Waals surface area contributed by atoms with E-state index in [0.717, 1.165) is 18.4 Å². The molecule has 0 radical (unpaired) electrons. The average Bonchev–Trinajstić information content (AvgIpc) is 2.86. The number of primary amides is 1. The second kappa shape index (κ2) is 2.76. The molecular formula is C10H12N2O. The van der Waals surface area contributed by atoms with Gasteiger partial charge in [-0.15, -0.1) is 0 Å². The molecule has 1 aliphatic carbocycles. The molecule has 0 aliphatic heterocycles. The summed E-state index contributed by atoms with van der Waals surface area (Å²) in [5, 5.41) is 0. The molecular weight excluding hydrogens is 164 g/mol. The number of carbonyl (C=O) groups excluding carboxylic acids is 1. The van der Waals surface area contributed by atoms with Gasteiger partial charge in [-0.05, 0) is 36.5 Å². The fourth-order valence-corrected chi connectivity index (χ4v) is 1.63. The van der Waals surface area contributed by atoms with Gasteiger partial charge < -0.3 is 11.5 Å². The first-order valence-corrected chi connectivity index (χ1v) is 4.38. The van der Waals surface area contributed by atoms with Gasteiger partial charge in [0, 0.05) is 11.3 Å². The maximum absolute atomic E-state index is 11.1. The third-order valence-electron chi connectivity index (χ3n) is 2.39. The first-order valence-electron chi connectivity index (χ1n) is 4.38. The van der Waals surface area contributed by atoms with Gasteiger partial charge in [0.2, 0.25) is 5.91 Å². The smallest absolute Gasteiger partial charge is 0.249 e. The van der Waals surface area contributed by atoms with Gasteiger partial charge in [0.1, 0.15) is 0 Å². The van der Waals surface area contributed by atoms with Crippen molar-refractivity contribution in [1.29, 1.82) is 0 Å². The monoisotopic (exact) mass is 176 g/mol. The molecule has 13 heavy (non-hydrogen) atoms. The van der Waals surface area contributed by atoms with E-state index in [9.17, 15) is 4.79 Å². The van der Waals surface area contributed by atoms with Crippen molar-refractivity contribution < 1.29 is 4.79 Å². The van der Waals surface area contributed by atoms with E-state index in [4.69, 9.17) is 11.5 Å². The Hall–Kier alpha value is -1.51. The summed E-state index contributed by atoms with van der Waals surface area (Å²) in [6.07, 6.45) is 2.24. The average molecular weight is 176 g/mol. The van der Waals surface area contributed by atoms with Crippen LogP contribution in [0.1, 0.15) is 34.7 Å². The molecule has 1 amide bonds. The van der Waals surface area contributed by atoms with Crippen molar-refractivity contribution in [3.63, 3.8) is 0 Å². The zero-order valence-electron chi connectivity index (χ0n) is 7.29. The second-order valence-electron chi connectivity index (χ2n) is 3.45. The quantitative estimate of drug-likeness (QED) is 0.666. The summed E-state index contributed by atoms with van der Waals surface area (Å²) in [6, 6.07) is 5.33. The number of anilines is 1. The molecule has 3 nitrogen and oxygen atoms in total. The molecule has 0 saturated heterocycles. The van der Waals surface area contributed by atoms with Gasteiger partial charge in [-0.2, -0.15) is 0 Å². The molecule has 1 aliphatic rings. The maximum Gasteiger partial charge on any atom is 0.249 e. The highest BCUT2D eigenvalue weighted by Crippen LogP contribution is 2.44. The minimum atomic E-state index is -0.380. The lowest BCUT2D eigenvalue weighted by atomic mass is 10.0. The van der Waals surface area contributed by atoms with E-state index in [2.05, 4.69) is 0 Å².